The zero-order valence-electron chi connectivity index (χ0n) is 14.4. The fourth-order valence-electron chi connectivity index (χ4n) is 2.67. The van der Waals surface area contributed by atoms with Crippen LogP contribution in [0.5, 0.6) is 5.75 Å². The van der Waals surface area contributed by atoms with Crippen LogP contribution in [0.15, 0.2) is 36.4 Å². The van der Waals surface area contributed by atoms with Crippen LogP contribution in [-0.4, -0.2) is 13.2 Å². The summed E-state index contributed by atoms with van der Waals surface area (Å²) in [5.74, 6) is 1.49. The van der Waals surface area contributed by atoms with E-state index in [-0.39, 0.29) is 0 Å². The minimum absolute atomic E-state index is 0.474. The zero-order valence-corrected chi connectivity index (χ0v) is 14.4. The summed E-state index contributed by atoms with van der Waals surface area (Å²) in [7, 11) is 0. The molecule has 0 aromatic heterocycles. The Labute approximate surface area is 134 Å². The van der Waals surface area contributed by atoms with Crippen LogP contribution in [0.4, 0.5) is 5.69 Å². The topological polar surface area (TPSA) is 21.3 Å². The van der Waals surface area contributed by atoms with Crippen molar-refractivity contribution in [3.05, 3.63) is 58.7 Å². The SMILES string of the molecule is Cc1ccc(C(C)C)c(OCCNc2c(C)cccc2C)c1. The maximum atomic E-state index is 6.02. The Kier molecular flexibility index (Phi) is 5.48. The molecular formula is C20H27NO. The number of hydrogen-bond donors (Lipinski definition) is 1. The van der Waals surface area contributed by atoms with Gasteiger partial charge in [0.25, 0.3) is 0 Å². The third-order valence-electron chi connectivity index (χ3n) is 3.93. The molecule has 0 spiro atoms. The Morgan fingerprint density at radius 3 is 2.32 bits per heavy atom. The van der Waals surface area contributed by atoms with E-state index in [4.69, 9.17) is 4.74 Å². The van der Waals surface area contributed by atoms with Gasteiger partial charge >= 0.3 is 0 Å². The first-order valence-corrected chi connectivity index (χ1v) is 8.02. The van der Waals surface area contributed by atoms with Crippen molar-refractivity contribution in [2.75, 3.05) is 18.5 Å². The monoisotopic (exact) mass is 297 g/mol. The molecule has 2 nitrogen and oxygen atoms in total. The molecule has 0 aliphatic carbocycles. The van der Waals surface area contributed by atoms with Gasteiger partial charge in [-0.1, -0.05) is 44.2 Å². The van der Waals surface area contributed by atoms with Crippen LogP contribution in [0.1, 0.15) is 42.0 Å². The van der Waals surface area contributed by atoms with Crippen LogP contribution in [0.3, 0.4) is 0 Å². The summed E-state index contributed by atoms with van der Waals surface area (Å²) < 4.78 is 6.02. The van der Waals surface area contributed by atoms with E-state index in [1.807, 2.05) is 0 Å². The molecule has 0 aliphatic rings. The van der Waals surface area contributed by atoms with Gasteiger partial charge in [-0.25, -0.2) is 0 Å². The van der Waals surface area contributed by atoms with Crippen molar-refractivity contribution < 1.29 is 4.74 Å². The van der Waals surface area contributed by atoms with Gasteiger partial charge in [0.1, 0.15) is 12.4 Å². The standard InChI is InChI=1S/C20H27NO/c1-14(2)18-10-9-15(3)13-19(18)22-12-11-21-20-16(4)7-6-8-17(20)5/h6-10,13-14,21H,11-12H2,1-5H3. The predicted octanol–water partition coefficient (Wildman–Crippen LogP) is 5.23. The van der Waals surface area contributed by atoms with Gasteiger partial charge in [-0.05, 0) is 55.0 Å². The average molecular weight is 297 g/mol. The van der Waals surface area contributed by atoms with Gasteiger partial charge in [0.05, 0.1) is 0 Å². The molecule has 0 bridgehead atoms. The van der Waals surface area contributed by atoms with Gasteiger partial charge < -0.3 is 10.1 Å². The highest BCUT2D eigenvalue weighted by atomic mass is 16.5. The van der Waals surface area contributed by atoms with Gasteiger partial charge in [-0.3, -0.25) is 0 Å². The van der Waals surface area contributed by atoms with Crippen LogP contribution in [-0.2, 0) is 0 Å². The van der Waals surface area contributed by atoms with E-state index in [0.29, 0.717) is 12.5 Å². The van der Waals surface area contributed by atoms with Crippen molar-refractivity contribution in [3.8, 4) is 5.75 Å². The Morgan fingerprint density at radius 1 is 1.00 bits per heavy atom. The smallest absolute Gasteiger partial charge is 0.123 e. The Hall–Kier alpha value is -1.96. The zero-order chi connectivity index (χ0) is 16.1. The van der Waals surface area contributed by atoms with Crippen molar-refractivity contribution in [1.82, 2.24) is 0 Å². The second-order valence-corrected chi connectivity index (χ2v) is 6.24. The lowest BCUT2D eigenvalue weighted by Gasteiger charge is -2.16. The summed E-state index contributed by atoms with van der Waals surface area (Å²) in [6.45, 7) is 12.2. The van der Waals surface area contributed by atoms with Crippen molar-refractivity contribution in [2.24, 2.45) is 0 Å². The first kappa shape index (κ1) is 16.4. The van der Waals surface area contributed by atoms with Gasteiger partial charge in [-0.15, -0.1) is 0 Å². The summed E-state index contributed by atoms with van der Waals surface area (Å²) >= 11 is 0. The lowest BCUT2D eigenvalue weighted by Crippen LogP contribution is -2.14. The third kappa shape index (κ3) is 4.03. The number of aryl methyl sites for hydroxylation is 3. The molecule has 2 aromatic carbocycles. The minimum atomic E-state index is 0.474. The van der Waals surface area contributed by atoms with E-state index in [1.54, 1.807) is 0 Å². The van der Waals surface area contributed by atoms with Crippen molar-refractivity contribution in [3.63, 3.8) is 0 Å². The van der Waals surface area contributed by atoms with E-state index >= 15 is 0 Å². The summed E-state index contributed by atoms with van der Waals surface area (Å²) in [6, 6.07) is 12.8. The maximum absolute atomic E-state index is 6.02. The van der Waals surface area contributed by atoms with E-state index in [0.717, 1.165) is 12.3 Å². The molecule has 0 heterocycles. The molecule has 118 valence electrons. The second-order valence-electron chi connectivity index (χ2n) is 6.24. The number of anilines is 1. The summed E-state index contributed by atoms with van der Waals surface area (Å²) in [5.41, 5.74) is 6.29. The van der Waals surface area contributed by atoms with E-state index in [1.165, 1.54) is 27.9 Å². The number of ether oxygens (including phenoxy) is 1. The number of nitrogens with one attached hydrogen (secondary N) is 1. The molecule has 2 rings (SSSR count). The highest BCUT2D eigenvalue weighted by Gasteiger charge is 2.08. The van der Waals surface area contributed by atoms with Crippen LogP contribution in [0.2, 0.25) is 0 Å². The van der Waals surface area contributed by atoms with Crippen molar-refractivity contribution >= 4 is 5.69 Å². The number of benzene rings is 2. The molecule has 0 aliphatic heterocycles. The summed E-state index contributed by atoms with van der Waals surface area (Å²) in [5, 5.41) is 3.49. The van der Waals surface area contributed by atoms with Crippen LogP contribution < -0.4 is 10.1 Å². The number of para-hydroxylation sites is 1. The van der Waals surface area contributed by atoms with E-state index in [2.05, 4.69) is 76.3 Å². The predicted molar refractivity (Wildman–Crippen MR) is 95.2 cm³/mol. The third-order valence-corrected chi connectivity index (χ3v) is 3.93. The second kappa shape index (κ2) is 7.35. The molecule has 2 heteroatoms. The van der Waals surface area contributed by atoms with Gasteiger partial charge in [0.15, 0.2) is 0 Å². The molecule has 0 atom stereocenters. The molecule has 22 heavy (non-hydrogen) atoms. The van der Waals surface area contributed by atoms with E-state index < -0.39 is 0 Å². The van der Waals surface area contributed by atoms with E-state index in [9.17, 15) is 0 Å². The van der Waals surface area contributed by atoms with Crippen LogP contribution in [0.25, 0.3) is 0 Å². The van der Waals surface area contributed by atoms with Crippen molar-refractivity contribution in [2.45, 2.75) is 40.5 Å². The highest BCUT2D eigenvalue weighted by Crippen LogP contribution is 2.27. The highest BCUT2D eigenvalue weighted by molar-refractivity contribution is 5.56. The van der Waals surface area contributed by atoms with Crippen LogP contribution >= 0.6 is 0 Å². The molecule has 0 fully saturated rings. The lowest BCUT2D eigenvalue weighted by molar-refractivity contribution is 0.328. The van der Waals surface area contributed by atoms with Crippen molar-refractivity contribution in [1.29, 1.82) is 0 Å². The first-order chi connectivity index (χ1) is 10.5. The molecule has 0 amide bonds. The molecule has 1 N–H and O–H groups in total. The average Bonchev–Trinajstić information content (AvgIpc) is 2.45. The number of rotatable bonds is 6. The largest absolute Gasteiger partial charge is 0.491 e. The normalized spacial score (nSPS) is 10.8. The fraction of sp³-hybridized carbons (Fsp3) is 0.400. The molecule has 0 saturated carbocycles. The molecule has 0 saturated heterocycles. The molecule has 0 unspecified atom stereocenters. The summed E-state index contributed by atoms with van der Waals surface area (Å²) in [4.78, 5) is 0. The summed E-state index contributed by atoms with van der Waals surface area (Å²) in [6.07, 6.45) is 0. The maximum Gasteiger partial charge on any atom is 0.123 e. The first-order valence-electron chi connectivity index (χ1n) is 8.02. The Morgan fingerprint density at radius 2 is 1.68 bits per heavy atom. The number of hydrogen-bond acceptors (Lipinski definition) is 2. The Balaban J connectivity index is 1.96. The van der Waals surface area contributed by atoms with Gasteiger partial charge in [0, 0.05) is 12.2 Å². The molecular weight excluding hydrogens is 270 g/mol. The fourth-order valence-corrected chi connectivity index (χ4v) is 2.67. The Bertz CT molecular complexity index is 611. The van der Waals surface area contributed by atoms with Crippen LogP contribution in [0, 0.1) is 20.8 Å². The quantitative estimate of drug-likeness (QED) is 0.737. The molecule has 0 radical (unpaired) electrons. The minimum Gasteiger partial charge on any atom is -0.491 e. The van der Waals surface area contributed by atoms with Gasteiger partial charge in [-0.2, -0.15) is 0 Å². The molecule has 2 aromatic rings. The van der Waals surface area contributed by atoms with Gasteiger partial charge in [0.2, 0.25) is 0 Å². The lowest BCUT2D eigenvalue weighted by atomic mass is 10.0.